The van der Waals surface area contributed by atoms with Gasteiger partial charge >= 0.3 is 0 Å². The number of benzene rings is 2. The lowest BCUT2D eigenvalue weighted by Gasteiger charge is -2.28. The zero-order valence-corrected chi connectivity index (χ0v) is 12.4. The summed E-state index contributed by atoms with van der Waals surface area (Å²) in [5, 5.41) is 9.50. The van der Waals surface area contributed by atoms with E-state index in [1.807, 2.05) is 48.5 Å². The summed E-state index contributed by atoms with van der Waals surface area (Å²) >= 11 is 0. The number of rotatable bonds is 6. The number of nitrogens with zero attached hydrogens (tertiary/aromatic N) is 2. The van der Waals surface area contributed by atoms with Crippen molar-refractivity contribution in [3.05, 3.63) is 66.2 Å². The number of nitriles is 1. The summed E-state index contributed by atoms with van der Waals surface area (Å²) in [4.78, 5) is 2.24. The Morgan fingerprint density at radius 2 is 1.62 bits per heavy atom. The van der Waals surface area contributed by atoms with E-state index < -0.39 is 5.54 Å². The second kappa shape index (κ2) is 6.92. The van der Waals surface area contributed by atoms with E-state index in [2.05, 4.69) is 30.0 Å². The fourth-order valence-electron chi connectivity index (χ4n) is 2.42. The molecule has 0 saturated heterocycles. The van der Waals surface area contributed by atoms with Gasteiger partial charge in [0.15, 0.2) is 0 Å². The van der Waals surface area contributed by atoms with Crippen molar-refractivity contribution in [2.75, 3.05) is 18.0 Å². The van der Waals surface area contributed by atoms with Crippen LogP contribution in [0.5, 0.6) is 0 Å². The molecule has 2 N–H and O–H groups in total. The molecule has 0 fully saturated rings. The van der Waals surface area contributed by atoms with E-state index in [1.165, 1.54) is 0 Å². The Morgan fingerprint density at radius 3 is 2.14 bits per heavy atom. The molecule has 1 atom stereocenters. The molecule has 2 aromatic carbocycles. The molecule has 0 heterocycles. The molecule has 3 heteroatoms. The summed E-state index contributed by atoms with van der Waals surface area (Å²) < 4.78 is 0. The van der Waals surface area contributed by atoms with Crippen LogP contribution < -0.4 is 10.6 Å². The number of anilines is 1. The molecule has 0 aliphatic carbocycles. The molecule has 0 amide bonds. The van der Waals surface area contributed by atoms with Gasteiger partial charge in [0.1, 0.15) is 5.54 Å². The van der Waals surface area contributed by atoms with Crippen LogP contribution in [-0.4, -0.2) is 13.1 Å². The average Bonchev–Trinajstić information content (AvgIpc) is 2.57. The predicted octanol–water partition coefficient (Wildman–Crippen LogP) is 3.28. The molecule has 0 radical (unpaired) electrons. The molecule has 0 bridgehead atoms. The molecule has 21 heavy (non-hydrogen) atoms. The molecule has 108 valence electrons. The van der Waals surface area contributed by atoms with Crippen LogP contribution in [-0.2, 0) is 5.54 Å². The Bertz CT molecular complexity index is 589. The Labute approximate surface area is 126 Å². The second-order valence-corrected chi connectivity index (χ2v) is 5.11. The highest BCUT2D eigenvalue weighted by Crippen LogP contribution is 2.23. The van der Waals surface area contributed by atoms with E-state index in [0.717, 1.165) is 24.3 Å². The summed E-state index contributed by atoms with van der Waals surface area (Å²) in [6, 6.07) is 22.1. The fourth-order valence-corrected chi connectivity index (χ4v) is 2.42. The smallest absolute Gasteiger partial charge is 0.131 e. The minimum atomic E-state index is -0.941. The van der Waals surface area contributed by atoms with E-state index in [9.17, 15) is 5.26 Å². The van der Waals surface area contributed by atoms with Crippen molar-refractivity contribution in [3.63, 3.8) is 0 Å². The summed E-state index contributed by atoms with van der Waals surface area (Å²) in [5.74, 6) is 0. The van der Waals surface area contributed by atoms with Gasteiger partial charge in [-0.1, -0.05) is 48.5 Å². The van der Waals surface area contributed by atoms with E-state index in [-0.39, 0.29) is 0 Å². The van der Waals surface area contributed by atoms with Gasteiger partial charge < -0.3 is 10.6 Å². The molecule has 3 nitrogen and oxygen atoms in total. The van der Waals surface area contributed by atoms with Crippen LogP contribution in [0.25, 0.3) is 0 Å². The number of hydrogen-bond acceptors (Lipinski definition) is 3. The average molecular weight is 279 g/mol. The van der Waals surface area contributed by atoms with Crippen molar-refractivity contribution in [1.29, 1.82) is 5.26 Å². The first kappa shape index (κ1) is 15.1. The molecule has 0 aromatic heterocycles. The van der Waals surface area contributed by atoms with Crippen molar-refractivity contribution in [2.45, 2.75) is 18.9 Å². The maximum absolute atomic E-state index is 9.50. The summed E-state index contributed by atoms with van der Waals surface area (Å²) in [7, 11) is 0. The van der Waals surface area contributed by atoms with Crippen molar-refractivity contribution >= 4 is 5.69 Å². The maximum Gasteiger partial charge on any atom is 0.131 e. The van der Waals surface area contributed by atoms with Gasteiger partial charge in [-0.2, -0.15) is 5.26 Å². The van der Waals surface area contributed by atoms with Crippen LogP contribution in [0.1, 0.15) is 18.9 Å². The van der Waals surface area contributed by atoms with Crippen molar-refractivity contribution in [1.82, 2.24) is 0 Å². The lowest BCUT2D eigenvalue weighted by molar-refractivity contribution is 0.520. The third-order valence-corrected chi connectivity index (χ3v) is 3.77. The van der Waals surface area contributed by atoms with Gasteiger partial charge in [-0.3, -0.25) is 0 Å². The number of nitrogens with two attached hydrogens (primary N) is 1. The van der Waals surface area contributed by atoms with Crippen LogP contribution in [0.4, 0.5) is 5.69 Å². The molecular formula is C18H21N3. The minimum Gasteiger partial charge on any atom is -0.372 e. The summed E-state index contributed by atoms with van der Waals surface area (Å²) in [6.45, 7) is 3.75. The van der Waals surface area contributed by atoms with Crippen LogP contribution >= 0.6 is 0 Å². The zero-order valence-electron chi connectivity index (χ0n) is 12.4. The Kier molecular flexibility index (Phi) is 4.97. The van der Waals surface area contributed by atoms with Gasteiger partial charge in [0.25, 0.3) is 0 Å². The molecule has 2 rings (SSSR count). The van der Waals surface area contributed by atoms with Crippen LogP contribution in [0.2, 0.25) is 0 Å². The SMILES string of the molecule is CCN(CCC(N)(C#N)c1ccccc1)c1ccccc1. The first-order chi connectivity index (χ1) is 10.2. The van der Waals surface area contributed by atoms with Gasteiger partial charge in [-0.25, -0.2) is 0 Å². The summed E-state index contributed by atoms with van der Waals surface area (Å²) in [5.41, 5.74) is 7.40. The predicted molar refractivity (Wildman–Crippen MR) is 86.9 cm³/mol. The number of hydrogen-bond donors (Lipinski definition) is 1. The highest BCUT2D eigenvalue weighted by Gasteiger charge is 2.27. The lowest BCUT2D eigenvalue weighted by Crippen LogP contribution is -2.39. The third kappa shape index (κ3) is 3.62. The molecule has 0 spiro atoms. The Hall–Kier alpha value is -2.31. The van der Waals surface area contributed by atoms with E-state index >= 15 is 0 Å². The van der Waals surface area contributed by atoms with Crippen LogP contribution in [0, 0.1) is 11.3 Å². The topological polar surface area (TPSA) is 53.0 Å². The van der Waals surface area contributed by atoms with E-state index in [4.69, 9.17) is 5.73 Å². The van der Waals surface area contributed by atoms with Gasteiger partial charge in [0, 0.05) is 25.2 Å². The Balaban J connectivity index is 2.11. The molecule has 0 aliphatic heterocycles. The second-order valence-electron chi connectivity index (χ2n) is 5.11. The fraction of sp³-hybridized carbons (Fsp3) is 0.278. The zero-order chi connectivity index (χ0) is 15.1. The van der Waals surface area contributed by atoms with E-state index in [1.54, 1.807) is 0 Å². The van der Waals surface area contributed by atoms with Crippen LogP contribution in [0.15, 0.2) is 60.7 Å². The Morgan fingerprint density at radius 1 is 1.05 bits per heavy atom. The van der Waals surface area contributed by atoms with Crippen molar-refractivity contribution in [3.8, 4) is 6.07 Å². The molecule has 0 aliphatic rings. The quantitative estimate of drug-likeness (QED) is 0.883. The first-order valence-corrected chi connectivity index (χ1v) is 7.25. The molecule has 2 aromatic rings. The van der Waals surface area contributed by atoms with Gasteiger partial charge in [0.2, 0.25) is 0 Å². The first-order valence-electron chi connectivity index (χ1n) is 7.25. The van der Waals surface area contributed by atoms with Gasteiger partial charge in [-0.15, -0.1) is 0 Å². The van der Waals surface area contributed by atoms with E-state index in [0.29, 0.717) is 6.42 Å². The van der Waals surface area contributed by atoms with Crippen molar-refractivity contribution < 1.29 is 0 Å². The van der Waals surface area contributed by atoms with Gasteiger partial charge in [0.05, 0.1) is 6.07 Å². The third-order valence-electron chi connectivity index (χ3n) is 3.77. The van der Waals surface area contributed by atoms with Crippen LogP contribution in [0.3, 0.4) is 0 Å². The maximum atomic E-state index is 9.50. The molecular weight excluding hydrogens is 258 g/mol. The normalized spacial score (nSPS) is 13.2. The van der Waals surface area contributed by atoms with Gasteiger partial charge in [-0.05, 0) is 24.6 Å². The standard InChI is InChI=1S/C18H21N3/c1-2-21(17-11-7-4-8-12-17)14-13-18(20,15-19)16-9-5-3-6-10-16/h3-12H,2,13-14,20H2,1H3. The molecule has 1 unspecified atom stereocenters. The summed E-state index contributed by atoms with van der Waals surface area (Å²) in [6.07, 6.45) is 0.593. The highest BCUT2D eigenvalue weighted by atomic mass is 15.1. The lowest BCUT2D eigenvalue weighted by atomic mass is 9.89. The largest absolute Gasteiger partial charge is 0.372 e. The highest BCUT2D eigenvalue weighted by molar-refractivity contribution is 5.46. The van der Waals surface area contributed by atoms with Crippen molar-refractivity contribution in [2.24, 2.45) is 5.73 Å². The minimum absolute atomic E-state index is 0.593. The molecule has 0 saturated carbocycles. The number of para-hydroxylation sites is 1. The monoisotopic (exact) mass is 279 g/mol.